The average molecular weight is 336 g/mol. The van der Waals surface area contributed by atoms with Crippen LogP contribution in [0.1, 0.15) is 16.9 Å². The van der Waals surface area contributed by atoms with E-state index < -0.39 is 15.9 Å². The Bertz CT molecular complexity index is 782. The highest BCUT2D eigenvalue weighted by Gasteiger charge is 2.21. The number of nitrogens with zero attached hydrogens (tertiary/aromatic N) is 1. The minimum absolute atomic E-state index is 0.0200. The highest BCUT2D eigenvalue weighted by atomic mass is 32.2. The Kier molecular flexibility index (Phi) is 5.23. The third-order valence-electron chi connectivity index (χ3n) is 3.49. The molecule has 23 heavy (non-hydrogen) atoms. The van der Waals surface area contributed by atoms with E-state index in [1.54, 1.807) is 18.2 Å². The molecule has 6 nitrogen and oxygen atoms in total. The van der Waals surface area contributed by atoms with Crippen LogP contribution in [-0.2, 0) is 21.4 Å². The summed E-state index contributed by atoms with van der Waals surface area (Å²) in [7, 11) is -3.53. The fraction of sp³-hybridized carbons (Fsp3) is 0.312. The minimum Gasteiger partial charge on any atom is -0.468 e. The summed E-state index contributed by atoms with van der Waals surface area (Å²) >= 11 is 0. The van der Waals surface area contributed by atoms with Gasteiger partial charge in [0.1, 0.15) is 5.76 Å². The number of carbonyl (C=O) groups is 1. The van der Waals surface area contributed by atoms with Gasteiger partial charge < -0.3 is 9.73 Å². The van der Waals surface area contributed by atoms with Crippen molar-refractivity contribution in [3.8, 4) is 0 Å². The fourth-order valence-electron chi connectivity index (χ4n) is 2.05. The standard InChI is InChI=1S/C16H20N2O4S/c1-12-6-7-14(9-13(12)2)17-16(19)11-18(23(3,20)21)10-15-5-4-8-22-15/h4-9H,10-11H2,1-3H3,(H,17,19). The maximum atomic E-state index is 12.1. The molecule has 7 heteroatoms. The molecule has 0 fully saturated rings. The molecular weight excluding hydrogens is 316 g/mol. The number of rotatable bonds is 6. The second kappa shape index (κ2) is 6.97. The molecule has 1 heterocycles. The van der Waals surface area contributed by atoms with Crippen molar-refractivity contribution >= 4 is 21.6 Å². The van der Waals surface area contributed by atoms with Crippen LogP contribution in [0.15, 0.2) is 41.0 Å². The number of hydrogen-bond acceptors (Lipinski definition) is 4. The summed E-state index contributed by atoms with van der Waals surface area (Å²) in [6, 6.07) is 8.88. The van der Waals surface area contributed by atoms with Crippen molar-refractivity contribution < 1.29 is 17.6 Å². The summed E-state index contributed by atoms with van der Waals surface area (Å²) in [4.78, 5) is 12.1. The molecule has 0 aliphatic carbocycles. The van der Waals surface area contributed by atoms with Gasteiger partial charge in [0.2, 0.25) is 15.9 Å². The van der Waals surface area contributed by atoms with Crippen LogP contribution < -0.4 is 5.32 Å². The lowest BCUT2D eigenvalue weighted by Crippen LogP contribution is -2.36. The first kappa shape index (κ1) is 17.2. The van der Waals surface area contributed by atoms with Gasteiger partial charge in [-0.05, 0) is 49.2 Å². The molecule has 0 radical (unpaired) electrons. The van der Waals surface area contributed by atoms with Crippen LogP contribution in [-0.4, -0.2) is 31.4 Å². The van der Waals surface area contributed by atoms with Gasteiger partial charge in [-0.25, -0.2) is 8.42 Å². The summed E-state index contributed by atoms with van der Waals surface area (Å²) < 4.78 is 29.9. The Hall–Kier alpha value is -2.12. The average Bonchev–Trinajstić information content (AvgIpc) is 2.94. The zero-order chi connectivity index (χ0) is 17.0. The molecule has 0 aliphatic rings. The summed E-state index contributed by atoms with van der Waals surface area (Å²) in [5.74, 6) is 0.0830. The number of nitrogens with one attached hydrogen (secondary N) is 1. The van der Waals surface area contributed by atoms with Gasteiger partial charge in [0.15, 0.2) is 0 Å². The van der Waals surface area contributed by atoms with Gasteiger partial charge in [-0.15, -0.1) is 0 Å². The summed E-state index contributed by atoms with van der Waals surface area (Å²) in [5, 5.41) is 2.72. The van der Waals surface area contributed by atoms with E-state index in [2.05, 4.69) is 5.32 Å². The van der Waals surface area contributed by atoms with Crippen LogP contribution in [0, 0.1) is 13.8 Å². The molecule has 124 valence electrons. The van der Waals surface area contributed by atoms with E-state index in [0.29, 0.717) is 11.4 Å². The maximum Gasteiger partial charge on any atom is 0.239 e. The lowest BCUT2D eigenvalue weighted by Gasteiger charge is -2.18. The van der Waals surface area contributed by atoms with Crippen molar-refractivity contribution in [2.24, 2.45) is 0 Å². The molecule has 1 aromatic carbocycles. The lowest BCUT2D eigenvalue weighted by atomic mass is 10.1. The second-order valence-electron chi connectivity index (χ2n) is 5.46. The molecule has 0 spiro atoms. The summed E-state index contributed by atoms with van der Waals surface area (Å²) in [6.07, 6.45) is 2.53. The van der Waals surface area contributed by atoms with Crippen molar-refractivity contribution in [1.82, 2.24) is 4.31 Å². The summed E-state index contributed by atoms with van der Waals surface area (Å²) in [5.41, 5.74) is 2.82. The Morgan fingerprint density at radius 3 is 2.52 bits per heavy atom. The van der Waals surface area contributed by atoms with Gasteiger partial charge in [0.25, 0.3) is 0 Å². The van der Waals surface area contributed by atoms with Crippen LogP contribution in [0.25, 0.3) is 0 Å². The van der Waals surface area contributed by atoms with Crippen LogP contribution in [0.4, 0.5) is 5.69 Å². The predicted molar refractivity (Wildman–Crippen MR) is 88.5 cm³/mol. The first-order chi connectivity index (χ1) is 10.8. The van der Waals surface area contributed by atoms with E-state index in [9.17, 15) is 13.2 Å². The SMILES string of the molecule is Cc1ccc(NC(=O)CN(Cc2ccco2)S(C)(=O)=O)cc1C. The van der Waals surface area contributed by atoms with E-state index in [4.69, 9.17) is 4.42 Å². The van der Waals surface area contributed by atoms with Gasteiger partial charge in [-0.1, -0.05) is 6.07 Å². The first-order valence-corrected chi connectivity index (χ1v) is 8.95. The van der Waals surface area contributed by atoms with Crippen LogP contribution in [0.5, 0.6) is 0 Å². The quantitative estimate of drug-likeness (QED) is 0.878. The number of benzene rings is 1. The van der Waals surface area contributed by atoms with Crippen LogP contribution in [0.2, 0.25) is 0 Å². The van der Waals surface area contributed by atoms with E-state index in [-0.39, 0.29) is 13.1 Å². The van der Waals surface area contributed by atoms with Crippen LogP contribution >= 0.6 is 0 Å². The van der Waals surface area contributed by atoms with E-state index >= 15 is 0 Å². The smallest absolute Gasteiger partial charge is 0.239 e. The molecule has 0 atom stereocenters. The number of furan rings is 1. The Morgan fingerprint density at radius 2 is 1.96 bits per heavy atom. The van der Waals surface area contributed by atoms with E-state index in [1.165, 1.54) is 6.26 Å². The molecule has 2 aromatic rings. The molecule has 0 saturated heterocycles. The monoisotopic (exact) mass is 336 g/mol. The molecule has 0 bridgehead atoms. The lowest BCUT2D eigenvalue weighted by molar-refractivity contribution is -0.116. The summed E-state index contributed by atoms with van der Waals surface area (Å²) in [6.45, 7) is 3.68. The number of sulfonamides is 1. The zero-order valence-corrected chi connectivity index (χ0v) is 14.2. The molecular formula is C16H20N2O4S. The first-order valence-electron chi connectivity index (χ1n) is 7.10. The van der Waals surface area contributed by atoms with Gasteiger partial charge in [0.05, 0.1) is 25.6 Å². The predicted octanol–water partition coefficient (Wildman–Crippen LogP) is 2.30. The Balaban J connectivity index is 2.06. The Labute approximate surface area is 136 Å². The van der Waals surface area contributed by atoms with Gasteiger partial charge in [-0.2, -0.15) is 4.31 Å². The zero-order valence-electron chi connectivity index (χ0n) is 13.4. The minimum atomic E-state index is -3.53. The van der Waals surface area contributed by atoms with Crippen molar-refractivity contribution in [1.29, 1.82) is 0 Å². The number of aryl methyl sites for hydroxylation is 2. The largest absolute Gasteiger partial charge is 0.468 e. The van der Waals surface area contributed by atoms with Crippen molar-refractivity contribution in [2.75, 3.05) is 18.1 Å². The second-order valence-corrected chi connectivity index (χ2v) is 7.44. The molecule has 1 aromatic heterocycles. The molecule has 1 N–H and O–H groups in total. The molecule has 2 rings (SSSR count). The van der Waals surface area contributed by atoms with Crippen LogP contribution in [0.3, 0.4) is 0 Å². The molecule has 0 saturated carbocycles. The third kappa shape index (κ3) is 4.94. The normalized spacial score (nSPS) is 11.7. The molecule has 0 aliphatic heterocycles. The third-order valence-corrected chi connectivity index (χ3v) is 4.69. The van der Waals surface area contributed by atoms with Gasteiger partial charge in [0, 0.05) is 5.69 Å². The van der Waals surface area contributed by atoms with Crippen molar-refractivity contribution in [3.63, 3.8) is 0 Å². The number of hydrogen-bond donors (Lipinski definition) is 1. The van der Waals surface area contributed by atoms with E-state index in [0.717, 1.165) is 21.7 Å². The highest BCUT2D eigenvalue weighted by Crippen LogP contribution is 2.15. The number of amides is 1. The van der Waals surface area contributed by atoms with E-state index in [1.807, 2.05) is 26.0 Å². The number of carbonyl (C=O) groups excluding carboxylic acids is 1. The van der Waals surface area contributed by atoms with Crippen molar-refractivity contribution in [2.45, 2.75) is 20.4 Å². The Morgan fingerprint density at radius 1 is 1.22 bits per heavy atom. The molecule has 1 amide bonds. The maximum absolute atomic E-state index is 12.1. The van der Waals surface area contributed by atoms with Crippen molar-refractivity contribution in [3.05, 3.63) is 53.5 Å². The fourth-order valence-corrected chi connectivity index (χ4v) is 2.76. The number of anilines is 1. The van der Waals surface area contributed by atoms with Gasteiger partial charge in [-0.3, -0.25) is 4.79 Å². The highest BCUT2D eigenvalue weighted by molar-refractivity contribution is 7.88. The topological polar surface area (TPSA) is 79.6 Å². The van der Waals surface area contributed by atoms with Gasteiger partial charge >= 0.3 is 0 Å². The molecule has 0 unspecified atom stereocenters.